The summed E-state index contributed by atoms with van der Waals surface area (Å²) >= 11 is 0. The third-order valence-electron chi connectivity index (χ3n) is 3.77. The second-order valence-corrected chi connectivity index (χ2v) is 5.27. The molecule has 20 heavy (non-hydrogen) atoms. The summed E-state index contributed by atoms with van der Waals surface area (Å²) in [7, 11) is 0. The molecule has 104 valence electrons. The highest BCUT2D eigenvalue weighted by molar-refractivity contribution is 5.99. The zero-order valence-corrected chi connectivity index (χ0v) is 10.9. The van der Waals surface area contributed by atoms with Crippen LogP contribution in [0, 0.1) is 0 Å². The summed E-state index contributed by atoms with van der Waals surface area (Å²) in [5.74, 6) is 0.606. The van der Waals surface area contributed by atoms with Crippen molar-refractivity contribution in [2.75, 3.05) is 0 Å². The van der Waals surface area contributed by atoms with Gasteiger partial charge in [-0.15, -0.1) is 0 Å². The molecule has 5 nitrogen and oxygen atoms in total. The van der Waals surface area contributed by atoms with E-state index in [1.807, 2.05) is 24.3 Å². The summed E-state index contributed by atoms with van der Waals surface area (Å²) in [6.45, 7) is 0. The highest BCUT2D eigenvalue weighted by atomic mass is 16.5. The highest BCUT2D eigenvalue weighted by Gasteiger charge is 2.29. The first-order valence-electron chi connectivity index (χ1n) is 6.74. The van der Waals surface area contributed by atoms with Crippen LogP contribution in [-0.4, -0.2) is 23.7 Å². The van der Waals surface area contributed by atoms with Crippen LogP contribution in [0.3, 0.4) is 0 Å². The number of ketones is 1. The van der Waals surface area contributed by atoms with E-state index in [9.17, 15) is 14.4 Å². The molecule has 0 bridgehead atoms. The largest absolute Gasteiger partial charge is 0.481 e. The normalized spacial score (nSPS) is 23.2. The van der Waals surface area contributed by atoms with E-state index in [2.05, 4.69) is 5.32 Å². The molecule has 1 saturated heterocycles. The van der Waals surface area contributed by atoms with Gasteiger partial charge in [0, 0.05) is 25.7 Å². The van der Waals surface area contributed by atoms with E-state index in [1.165, 1.54) is 0 Å². The maximum Gasteiger partial charge on any atom is 0.267 e. The molecule has 0 aromatic heterocycles. The number of ether oxygens (including phenoxy) is 1. The fourth-order valence-corrected chi connectivity index (χ4v) is 2.49. The van der Waals surface area contributed by atoms with Crippen LogP contribution in [0.2, 0.25) is 0 Å². The molecule has 1 saturated carbocycles. The van der Waals surface area contributed by atoms with Gasteiger partial charge in [0.1, 0.15) is 11.5 Å². The predicted molar refractivity (Wildman–Crippen MR) is 70.2 cm³/mol. The average Bonchev–Trinajstić information content (AvgIpc) is 2.39. The highest BCUT2D eigenvalue weighted by Crippen LogP contribution is 2.34. The van der Waals surface area contributed by atoms with Gasteiger partial charge in [-0.3, -0.25) is 19.7 Å². The number of hydrogen-bond acceptors (Lipinski definition) is 4. The molecule has 1 aliphatic heterocycles. The van der Waals surface area contributed by atoms with Crippen LogP contribution >= 0.6 is 0 Å². The van der Waals surface area contributed by atoms with Crippen LogP contribution in [0.1, 0.15) is 37.2 Å². The molecule has 3 rings (SSSR count). The number of carbonyl (C=O) groups is 3. The van der Waals surface area contributed by atoms with Gasteiger partial charge in [-0.1, -0.05) is 12.1 Å². The number of benzene rings is 1. The molecule has 2 amide bonds. The molecule has 1 aromatic carbocycles. The predicted octanol–water partition coefficient (Wildman–Crippen LogP) is 1.32. The summed E-state index contributed by atoms with van der Waals surface area (Å²) in [4.78, 5) is 33.6. The summed E-state index contributed by atoms with van der Waals surface area (Å²) < 4.78 is 5.59. The molecule has 0 spiro atoms. The standard InChI is InChI=1S/C15H15NO4/c17-11-7-10(8-11)9-1-3-12(4-2-9)20-13-5-6-14(18)16-15(13)19/h1-4,10,13H,5-8H2,(H,16,18,19). The van der Waals surface area contributed by atoms with Crippen molar-refractivity contribution < 1.29 is 19.1 Å². The van der Waals surface area contributed by atoms with E-state index in [0.29, 0.717) is 43.1 Å². The molecule has 0 radical (unpaired) electrons. The number of amides is 2. The molecule has 2 fully saturated rings. The van der Waals surface area contributed by atoms with Crippen LogP contribution in [0.25, 0.3) is 0 Å². The van der Waals surface area contributed by atoms with Crippen molar-refractivity contribution in [3.63, 3.8) is 0 Å². The SMILES string of the molecule is O=C1CC(c2ccc(OC3CCC(=O)NC3=O)cc2)C1. The molecule has 1 unspecified atom stereocenters. The average molecular weight is 273 g/mol. The Morgan fingerprint density at radius 3 is 2.35 bits per heavy atom. The van der Waals surface area contributed by atoms with Gasteiger partial charge in [0.15, 0.2) is 6.10 Å². The molecule has 5 heteroatoms. The van der Waals surface area contributed by atoms with Crippen molar-refractivity contribution >= 4 is 17.6 Å². The Morgan fingerprint density at radius 1 is 1.05 bits per heavy atom. The molecule has 1 atom stereocenters. The molecule has 1 N–H and O–H groups in total. The molecule has 1 aromatic rings. The van der Waals surface area contributed by atoms with E-state index in [0.717, 1.165) is 5.56 Å². The molecule has 2 aliphatic rings. The van der Waals surface area contributed by atoms with Gasteiger partial charge < -0.3 is 4.74 Å². The van der Waals surface area contributed by atoms with Gasteiger partial charge in [-0.05, 0) is 23.6 Å². The summed E-state index contributed by atoms with van der Waals surface area (Å²) in [6, 6.07) is 7.47. The Balaban J connectivity index is 1.62. The summed E-state index contributed by atoms with van der Waals surface area (Å²) in [5, 5.41) is 2.26. The third-order valence-corrected chi connectivity index (χ3v) is 3.77. The van der Waals surface area contributed by atoms with Crippen molar-refractivity contribution in [1.82, 2.24) is 5.32 Å². The lowest BCUT2D eigenvalue weighted by molar-refractivity contribution is -0.139. The minimum absolute atomic E-state index is 0.250. The number of rotatable bonds is 3. The van der Waals surface area contributed by atoms with Crippen LogP contribution in [-0.2, 0) is 14.4 Å². The number of hydrogen-bond donors (Lipinski definition) is 1. The summed E-state index contributed by atoms with van der Waals surface area (Å²) in [6.07, 6.45) is 1.34. The van der Waals surface area contributed by atoms with Crippen molar-refractivity contribution in [3.05, 3.63) is 29.8 Å². The van der Waals surface area contributed by atoms with E-state index >= 15 is 0 Å². The molecule has 1 heterocycles. The Labute approximate surface area is 116 Å². The minimum Gasteiger partial charge on any atom is -0.481 e. The van der Waals surface area contributed by atoms with Crippen LogP contribution in [0.4, 0.5) is 0 Å². The lowest BCUT2D eigenvalue weighted by Crippen LogP contribution is -2.46. The summed E-state index contributed by atoms with van der Waals surface area (Å²) in [5.41, 5.74) is 1.13. The van der Waals surface area contributed by atoms with Gasteiger partial charge in [0.25, 0.3) is 5.91 Å². The first kappa shape index (κ1) is 12.8. The Morgan fingerprint density at radius 2 is 1.75 bits per heavy atom. The van der Waals surface area contributed by atoms with Crippen molar-refractivity contribution in [2.24, 2.45) is 0 Å². The fourth-order valence-electron chi connectivity index (χ4n) is 2.49. The number of imide groups is 1. The van der Waals surface area contributed by atoms with Crippen molar-refractivity contribution in [1.29, 1.82) is 0 Å². The quantitative estimate of drug-likeness (QED) is 0.843. The van der Waals surface area contributed by atoms with Crippen molar-refractivity contribution in [3.8, 4) is 5.75 Å². The zero-order chi connectivity index (χ0) is 14.1. The van der Waals surface area contributed by atoms with E-state index < -0.39 is 6.10 Å². The van der Waals surface area contributed by atoms with Crippen LogP contribution in [0.15, 0.2) is 24.3 Å². The third kappa shape index (κ3) is 2.57. The van der Waals surface area contributed by atoms with Crippen LogP contribution < -0.4 is 10.1 Å². The first-order chi connectivity index (χ1) is 9.61. The fraction of sp³-hybridized carbons (Fsp3) is 0.400. The molecular weight excluding hydrogens is 258 g/mol. The number of carbonyl (C=O) groups excluding carboxylic acids is 3. The Hall–Kier alpha value is -2.17. The smallest absolute Gasteiger partial charge is 0.267 e. The second-order valence-electron chi connectivity index (χ2n) is 5.27. The molecule has 1 aliphatic carbocycles. The van der Waals surface area contributed by atoms with E-state index in [1.54, 1.807) is 0 Å². The second kappa shape index (κ2) is 5.07. The first-order valence-corrected chi connectivity index (χ1v) is 6.74. The number of Topliss-reactive ketones (excluding diaryl/α,β-unsaturated/α-hetero) is 1. The zero-order valence-electron chi connectivity index (χ0n) is 10.9. The lowest BCUT2D eigenvalue weighted by atomic mass is 9.79. The number of piperidine rings is 1. The Bertz CT molecular complexity index is 556. The van der Waals surface area contributed by atoms with Crippen molar-refractivity contribution in [2.45, 2.75) is 37.7 Å². The molecular formula is C15H15NO4. The Kier molecular flexibility index (Phi) is 3.26. The van der Waals surface area contributed by atoms with Gasteiger partial charge in [-0.2, -0.15) is 0 Å². The van der Waals surface area contributed by atoms with Gasteiger partial charge in [-0.25, -0.2) is 0 Å². The van der Waals surface area contributed by atoms with Gasteiger partial charge in [0.05, 0.1) is 0 Å². The van der Waals surface area contributed by atoms with E-state index in [-0.39, 0.29) is 11.8 Å². The minimum atomic E-state index is -0.608. The monoisotopic (exact) mass is 273 g/mol. The van der Waals surface area contributed by atoms with Crippen LogP contribution in [0.5, 0.6) is 5.75 Å². The number of nitrogens with one attached hydrogen (secondary N) is 1. The maximum atomic E-state index is 11.6. The van der Waals surface area contributed by atoms with Gasteiger partial charge in [0.2, 0.25) is 5.91 Å². The maximum absolute atomic E-state index is 11.6. The topological polar surface area (TPSA) is 72.5 Å². The van der Waals surface area contributed by atoms with Gasteiger partial charge >= 0.3 is 0 Å². The lowest BCUT2D eigenvalue weighted by Gasteiger charge is -2.25. The van der Waals surface area contributed by atoms with E-state index in [4.69, 9.17) is 4.74 Å².